The first-order valence-electron chi connectivity index (χ1n) is 8.09. The van der Waals surface area contributed by atoms with Crippen LogP contribution in [0.1, 0.15) is 77.6 Å². The van der Waals surface area contributed by atoms with Crippen molar-refractivity contribution in [1.82, 2.24) is 0 Å². The van der Waals surface area contributed by atoms with Gasteiger partial charge >= 0.3 is 5.97 Å². The van der Waals surface area contributed by atoms with Crippen molar-refractivity contribution >= 4 is 5.97 Å². The Morgan fingerprint density at radius 2 is 1.58 bits per heavy atom. The van der Waals surface area contributed by atoms with Crippen LogP contribution in [-0.4, -0.2) is 12.6 Å². The SMILES string of the molecule is CC(=O)OCCCCCCCCCC/C=C\C1CC1. The Morgan fingerprint density at radius 1 is 1.00 bits per heavy atom. The first-order chi connectivity index (χ1) is 9.29. The second-order valence-corrected chi connectivity index (χ2v) is 5.72. The van der Waals surface area contributed by atoms with Gasteiger partial charge in [-0.05, 0) is 38.0 Å². The molecule has 0 unspecified atom stereocenters. The Labute approximate surface area is 118 Å². The summed E-state index contributed by atoms with van der Waals surface area (Å²) in [5.74, 6) is 0.780. The minimum atomic E-state index is -0.157. The van der Waals surface area contributed by atoms with Gasteiger partial charge in [-0.2, -0.15) is 0 Å². The third-order valence-corrected chi connectivity index (χ3v) is 3.60. The number of carbonyl (C=O) groups is 1. The number of unbranched alkanes of at least 4 members (excludes halogenated alkanes) is 8. The van der Waals surface area contributed by atoms with E-state index in [9.17, 15) is 4.79 Å². The zero-order valence-electron chi connectivity index (χ0n) is 12.5. The molecule has 1 saturated carbocycles. The molecule has 0 aromatic rings. The van der Waals surface area contributed by atoms with E-state index in [1.165, 1.54) is 71.1 Å². The highest BCUT2D eigenvalue weighted by Crippen LogP contribution is 2.30. The predicted octanol–water partition coefficient (Wildman–Crippen LogP) is 5.03. The molecule has 1 aliphatic carbocycles. The van der Waals surface area contributed by atoms with Crippen LogP contribution < -0.4 is 0 Å². The molecule has 0 saturated heterocycles. The maximum absolute atomic E-state index is 10.5. The maximum Gasteiger partial charge on any atom is 0.302 e. The first-order valence-corrected chi connectivity index (χ1v) is 8.09. The number of esters is 1. The molecule has 0 amide bonds. The maximum atomic E-state index is 10.5. The fourth-order valence-corrected chi connectivity index (χ4v) is 2.22. The van der Waals surface area contributed by atoms with Crippen molar-refractivity contribution in [2.45, 2.75) is 77.6 Å². The third kappa shape index (κ3) is 12.0. The Balaban J connectivity index is 1.67. The van der Waals surface area contributed by atoms with Crippen LogP contribution in [0.25, 0.3) is 0 Å². The summed E-state index contributed by atoms with van der Waals surface area (Å²) in [5.41, 5.74) is 0. The van der Waals surface area contributed by atoms with Crippen LogP contribution >= 0.6 is 0 Å². The number of rotatable bonds is 12. The van der Waals surface area contributed by atoms with Gasteiger partial charge in [0.2, 0.25) is 0 Å². The van der Waals surface area contributed by atoms with E-state index in [1.807, 2.05) is 0 Å². The van der Waals surface area contributed by atoms with E-state index < -0.39 is 0 Å². The summed E-state index contributed by atoms with van der Waals surface area (Å²) >= 11 is 0. The number of hydrogen-bond donors (Lipinski definition) is 0. The minimum Gasteiger partial charge on any atom is -0.466 e. The van der Waals surface area contributed by atoms with Gasteiger partial charge in [0.25, 0.3) is 0 Å². The van der Waals surface area contributed by atoms with E-state index in [-0.39, 0.29) is 5.97 Å². The lowest BCUT2D eigenvalue weighted by Crippen LogP contribution is -2.00. The average molecular weight is 266 g/mol. The van der Waals surface area contributed by atoms with Gasteiger partial charge in [-0.3, -0.25) is 4.79 Å². The molecule has 1 rings (SSSR count). The van der Waals surface area contributed by atoms with Crippen molar-refractivity contribution in [3.63, 3.8) is 0 Å². The number of carbonyl (C=O) groups excluding carboxylic acids is 1. The smallest absolute Gasteiger partial charge is 0.302 e. The fourth-order valence-electron chi connectivity index (χ4n) is 2.22. The van der Waals surface area contributed by atoms with E-state index in [0.717, 1.165) is 12.3 Å². The molecule has 1 fully saturated rings. The van der Waals surface area contributed by atoms with E-state index in [2.05, 4.69) is 12.2 Å². The second kappa shape index (κ2) is 11.1. The molecular weight excluding hydrogens is 236 g/mol. The van der Waals surface area contributed by atoms with Crippen molar-refractivity contribution < 1.29 is 9.53 Å². The third-order valence-electron chi connectivity index (χ3n) is 3.60. The quantitative estimate of drug-likeness (QED) is 0.281. The van der Waals surface area contributed by atoms with Crippen molar-refractivity contribution in [3.8, 4) is 0 Å². The van der Waals surface area contributed by atoms with Gasteiger partial charge in [0, 0.05) is 6.92 Å². The van der Waals surface area contributed by atoms with Crippen LogP contribution in [0.3, 0.4) is 0 Å². The second-order valence-electron chi connectivity index (χ2n) is 5.72. The molecule has 0 aliphatic heterocycles. The van der Waals surface area contributed by atoms with Gasteiger partial charge in [0.1, 0.15) is 0 Å². The Hall–Kier alpha value is -0.790. The fraction of sp³-hybridized carbons (Fsp3) is 0.824. The molecule has 1 aliphatic rings. The zero-order chi connectivity index (χ0) is 13.8. The molecule has 0 bridgehead atoms. The number of hydrogen-bond acceptors (Lipinski definition) is 2. The summed E-state index contributed by atoms with van der Waals surface area (Å²) in [6.45, 7) is 2.07. The van der Waals surface area contributed by atoms with Crippen LogP contribution in [0.15, 0.2) is 12.2 Å². The first kappa shape index (κ1) is 16.3. The molecule has 0 heterocycles. The molecule has 0 aromatic heterocycles. The Kier molecular flexibility index (Phi) is 9.48. The van der Waals surface area contributed by atoms with Gasteiger partial charge < -0.3 is 4.74 Å². The summed E-state index contributed by atoms with van der Waals surface area (Å²) in [6.07, 6.45) is 19.2. The molecule has 0 radical (unpaired) electrons. The summed E-state index contributed by atoms with van der Waals surface area (Å²) in [5, 5.41) is 0. The monoisotopic (exact) mass is 266 g/mol. The molecule has 0 atom stereocenters. The lowest BCUT2D eigenvalue weighted by atomic mass is 10.1. The lowest BCUT2D eigenvalue weighted by Gasteiger charge is -2.02. The molecule has 0 aromatic carbocycles. The molecular formula is C17H30O2. The van der Waals surface area contributed by atoms with Gasteiger partial charge in [0.15, 0.2) is 0 Å². The minimum absolute atomic E-state index is 0.157. The van der Waals surface area contributed by atoms with Gasteiger partial charge in [0.05, 0.1) is 6.61 Å². The molecule has 0 spiro atoms. The highest BCUT2D eigenvalue weighted by Gasteiger charge is 2.16. The largest absolute Gasteiger partial charge is 0.466 e. The molecule has 2 heteroatoms. The van der Waals surface area contributed by atoms with E-state index in [1.54, 1.807) is 0 Å². The Morgan fingerprint density at radius 3 is 2.16 bits per heavy atom. The van der Waals surface area contributed by atoms with Crippen LogP contribution in [0.5, 0.6) is 0 Å². The highest BCUT2D eigenvalue weighted by molar-refractivity contribution is 5.65. The van der Waals surface area contributed by atoms with Crippen LogP contribution in [0, 0.1) is 5.92 Å². The predicted molar refractivity (Wildman–Crippen MR) is 80.1 cm³/mol. The standard InChI is InChI=1S/C17H30O2/c1-16(18)19-15-11-9-7-5-3-2-4-6-8-10-12-17-13-14-17/h10,12,17H,2-9,11,13-15H2,1H3/b12-10-. The van der Waals surface area contributed by atoms with Crippen LogP contribution in [0.4, 0.5) is 0 Å². The number of ether oxygens (including phenoxy) is 1. The summed E-state index contributed by atoms with van der Waals surface area (Å²) < 4.78 is 4.90. The molecule has 110 valence electrons. The van der Waals surface area contributed by atoms with Crippen LogP contribution in [-0.2, 0) is 9.53 Å². The van der Waals surface area contributed by atoms with Gasteiger partial charge in [-0.1, -0.05) is 50.7 Å². The van der Waals surface area contributed by atoms with Gasteiger partial charge in [-0.15, -0.1) is 0 Å². The van der Waals surface area contributed by atoms with E-state index in [0.29, 0.717) is 6.61 Å². The molecule has 2 nitrogen and oxygen atoms in total. The van der Waals surface area contributed by atoms with Crippen molar-refractivity contribution in [1.29, 1.82) is 0 Å². The summed E-state index contributed by atoms with van der Waals surface area (Å²) in [7, 11) is 0. The van der Waals surface area contributed by atoms with E-state index in [4.69, 9.17) is 4.74 Å². The van der Waals surface area contributed by atoms with Gasteiger partial charge in [-0.25, -0.2) is 0 Å². The normalized spacial score (nSPS) is 15.0. The molecule has 0 N–H and O–H groups in total. The van der Waals surface area contributed by atoms with Crippen LogP contribution in [0.2, 0.25) is 0 Å². The zero-order valence-corrected chi connectivity index (χ0v) is 12.5. The number of allylic oxidation sites excluding steroid dienone is 2. The Bertz CT molecular complexity index is 254. The highest BCUT2D eigenvalue weighted by atomic mass is 16.5. The average Bonchev–Trinajstić information content (AvgIpc) is 3.18. The summed E-state index contributed by atoms with van der Waals surface area (Å²) in [4.78, 5) is 10.5. The topological polar surface area (TPSA) is 26.3 Å². The van der Waals surface area contributed by atoms with E-state index >= 15 is 0 Å². The van der Waals surface area contributed by atoms with Crippen molar-refractivity contribution in [2.24, 2.45) is 5.92 Å². The summed E-state index contributed by atoms with van der Waals surface area (Å²) in [6, 6.07) is 0. The lowest BCUT2D eigenvalue weighted by molar-refractivity contribution is -0.141. The van der Waals surface area contributed by atoms with Crippen molar-refractivity contribution in [3.05, 3.63) is 12.2 Å². The van der Waals surface area contributed by atoms with Crippen molar-refractivity contribution in [2.75, 3.05) is 6.61 Å². The molecule has 19 heavy (non-hydrogen) atoms.